The first-order valence-electron chi connectivity index (χ1n) is 6.81. The fraction of sp³-hybridized carbons (Fsp3) is 0.533. The lowest BCUT2D eigenvalue weighted by atomic mass is 10.1. The van der Waals surface area contributed by atoms with Crippen LogP contribution >= 0.6 is 0 Å². The Morgan fingerprint density at radius 1 is 1.18 bits per heavy atom. The van der Waals surface area contributed by atoms with Crippen LogP contribution in [0.2, 0.25) is 0 Å². The van der Waals surface area contributed by atoms with Crippen LogP contribution in [0.25, 0.3) is 0 Å². The van der Waals surface area contributed by atoms with E-state index in [9.17, 15) is 14.4 Å². The molecule has 0 radical (unpaired) electrons. The first kappa shape index (κ1) is 17.7. The Labute approximate surface area is 128 Å². The van der Waals surface area contributed by atoms with Gasteiger partial charge in [-0.05, 0) is 39.7 Å². The largest absolute Gasteiger partial charge is 0.481 e. The lowest BCUT2D eigenvalue weighted by molar-refractivity contribution is -0.137. The average molecular weight is 311 g/mol. The number of aryl methyl sites for hydroxylation is 1. The third kappa shape index (κ3) is 4.34. The summed E-state index contributed by atoms with van der Waals surface area (Å²) in [6, 6.07) is 0. The summed E-state index contributed by atoms with van der Waals surface area (Å²) in [5.41, 5.74) is 0.385. The van der Waals surface area contributed by atoms with E-state index in [1.54, 1.807) is 27.7 Å². The third-order valence-electron chi connectivity index (χ3n) is 2.91. The molecule has 0 saturated carbocycles. The minimum absolute atomic E-state index is 0.0867. The van der Waals surface area contributed by atoms with E-state index in [4.69, 9.17) is 14.6 Å². The van der Waals surface area contributed by atoms with Crippen molar-refractivity contribution in [2.24, 2.45) is 0 Å². The maximum absolute atomic E-state index is 12.2. The second kappa shape index (κ2) is 6.64. The Hall–Kier alpha value is -2.31. The van der Waals surface area contributed by atoms with Crippen LogP contribution in [0.4, 0.5) is 0 Å². The van der Waals surface area contributed by atoms with Gasteiger partial charge < -0.3 is 19.6 Å². The average Bonchev–Trinajstić information content (AvgIpc) is 2.70. The first-order chi connectivity index (χ1) is 10.1. The second-order valence-corrected chi connectivity index (χ2v) is 5.87. The van der Waals surface area contributed by atoms with E-state index in [2.05, 4.69) is 4.98 Å². The first-order valence-corrected chi connectivity index (χ1v) is 6.81. The van der Waals surface area contributed by atoms with Crippen molar-refractivity contribution >= 4 is 17.9 Å². The van der Waals surface area contributed by atoms with Crippen molar-refractivity contribution in [2.45, 2.75) is 46.1 Å². The van der Waals surface area contributed by atoms with Crippen molar-refractivity contribution in [3.63, 3.8) is 0 Å². The van der Waals surface area contributed by atoms with Crippen LogP contribution in [0.3, 0.4) is 0 Å². The number of H-pyrrole nitrogens is 1. The summed E-state index contributed by atoms with van der Waals surface area (Å²) in [6.45, 7) is 6.79. The van der Waals surface area contributed by atoms with Gasteiger partial charge in [0.2, 0.25) is 0 Å². The van der Waals surface area contributed by atoms with E-state index >= 15 is 0 Å². The fourth-order valence-corrected chi connectivity index (χ4v) is 1.99. The molecule has 0 atom stereocenters. The summed E-state index contributed by atoms with van der Waals surface area (Å²) in [5, 5.41) is 8.78. The molecule has 0 spiro atoms. The normalized spacial score (nSPS) is 11.1. The molecule has 22 heavy (non-hydrogen) atoms. The number of carboxylic acid groups (broad SMARTS) is 1. The molecule has 0 unspecified atom stereocenters. The highest BCUT2D eigenvalue weighted by atomic mass is 16.6. The quantitative estimate of drug-likeness (QED) is 0.806. The lowest BCUT2D eigenvalue weighted by Crippen LogP contribution is -2.24. The molecule has 1 heterocycles. The number of esters is 2. The number of aromatic amines is 1. The zero-order valence-electron chi connectivity index (χ0n) is 13.4. The van der Waals surface area contributed by atoms with Crippen LogP contribution < -0.4 is 0 Å². The van der Waals surface area contributed by atoms with Crippen molar-refractivity contribution in [3.8, 4) is 0 Å². The summed E-state index contributed by atoms with van der Waals surface area (Å²) >= 11 is 0. The Balaban J connectivity index is 3.22. The standard InChI is InChI=1S/C15H21NO6/c1-8-11(13(19)21-5)9(6-7-10(17)18)16-12(8)14(20)22-15(2,3)4/h16H,6-7H2,1-5H3,(H,17,18). The van der Waals surface area contributed by atoms with Gasteiger partial charge in [-0.1, -0.05) is 0 Å². The van der Waals surface area contributed by atoms with Gasteiger partial charge in [0, 0.05) is 5.69 Å². The molecule has 0 saturated heterocycles. The number of aromatic nitrogens is 1. The molecule has 7 heteroatoms. The number of aliphatic carboxylic acids is 1. The molecule has 7 nitrogen and oxygen atoms in total. The number of ether oxygens (including phenoxy) is 2. The van der Waals surface area contributed by atoms with Crippen LogP contribution in [0.15, 0.2) is 0 Å². The zero-order valence-corrected chi connectivity index (χ0v) is 13.4. The maximum atomic E-state index is 12.2. The highest BCUT2D eigenvalue weighted by Crippen LogP contribution is 2.23. The van der Waals surface area contributed by atoms with Crippen LogP contribution in [0.1, 0.15) is 59.3 Å². The van der Waals surface area contributed by atoms with Crippen molar-refractivity contribution in [2.75, 3.05) is 7.11 Å². The summed E-state index contributed by atoms with van der Waals surface area (Å²) in [7, 11) is 1.23. The van der Waals surface area contributed by atoms with Gasteiger partial charge in [0.05, 0.1) is 19.1 Å². The molecule has 0 amide bonds. The van der Waals surface area contributed by atoms with Crippen LogP contribution in [-0.2, 0) is 20.7 Å². The highest BCUT2D eigenvalue weighted by molar-refractivity contribution is 5.98. The van der Waals surface area contributed by atoms with Gasteiger partial charge in [-0.2, -0.15) is 0 Å². The summed E-state index contributed by atoms with van der Waals surface area (Å²) in [5.74, 6) is -2.22. The predicted octanol–water partition coefficient (Wildman–Crippen LogP) is 2.08. The third-order valence-corrected chi connectivity index (χ3v) is 2.91. The van der Waals surface area contributed by atoms with E-state index in [-0.39, 0.29) is 24.1 Å². The number of carbonyl (C=O) groups excluding carboxylic acids is 2. The molecule has 0 aliphatic heterocycles. The van der Waals surface area contributed by atoms with Gasteiger partial charge in [0.1, 0.15) is 11.3 Å². The molecule has 0 bridgehead atoms. The number of nitrogens with one attached hydrogen (secondary N) is 1. The number of rotatable bonds is 5. The Morgan fingerprint density at radius 3 is 2.23 bits per heavy atom. The smallest absolute Gasteiger partial charge is 0.355 e. The van der Waals surface area contributed by atoms with Gasteiger partial charge in [-0.25, -0.2) is 9.59 Å². The Kier molecular flexibility index (Phi) is 5.35. The number of carbonyl (C=O) groups is 3. The minimum Gasteiger partial charge on any atom is -0.481 e. The summed E-state index contributed by atoms with van der Waals surface area (Å²) in [4.78, 5) is 37.6. The fourth-order valence-electron chi connectivity index (χ4n) is 1.99. The molecular formula is C15H21NO6. The van der Waals surface area contributed by atoms with Gasteiger partial charge in [0.25, 0.3) is 0 Å². The zero-order chi connectivity index (χ0) is 17.1. The van der Waals surface area contributed by atoms with Crippen molar-refractivity contribution in [1.29, 1.82) is 0 Å². The second-order valence-electron chi connectivity index (χ2n) is 5.87. The molecule has 0 fully saturated rings. The number of hydrogen-bond donors (Lipinski definition) is 2. The molecule has 1 aromatic heterocycles. The van der Waals surface area contributed by atoms with Gasteiger partial charge >= 0.3 is 17.9 Å². The molecule has 1 aromatic rings. The van der Waals surface area contributed by atoms with E-state index in [1.165, 1.54) is 7.11 Å². The van der Waals surface area contributed by atoms with E-state index in [0.717, 1.165) is 0 Å². The van der Waals surface area contributed by atoms with Crippen LogP contribution in [0.5, 0.6) is 0 Å². The molecule has 0 aliphatic carbocycles. The molecule has 122 valence electrons. The minimum atomic E-state index is -0.998. The molecule has 0 aromatic carbocycles. The van der Waals surface area contributed by atoms with Gasteiger partial charge in [0.15, 0.2) is 0 Å². The van der Waals surface area contributed by atoms with Gasteiger partial charge in [-0.3, -0.25) is 4.79 Å². The lowest BCUT2D eigenvalue weighted by Gasteiger charge is -2.19. The maximum Gasteiger partial charge on any atom is 0.355 e. The Morgan fingerprint density at radius 2 is 1.77 bits per heavy atom. The van der Waals surface area contributed by atoms with E-state index in [1.807, 2.05) is 0 Å². The number of methoxy groups -OCH3 is 1. The van der Waals surface area contributed by atoms with Crippen molar-refractivity contribution in [3.05, 3.63) is 22.5 Å². The topological polar surface area (TPSA) is 106 Å². The monoisotopic (exact) mass is 311 g/mol. The SMILES string of the molecule is COC(=O)c1c(CCC(=O)O)[nH]c(C(=O)OC(C)(C)C)c1C. The molecule has 2 N–H and O–H groups in total. The van der Waals surface area contributed by atoms with E-state index < -0.39 is 23.5 Å². The molecule has 1 rings (SSSR count). The number of hydrogen-bond acceptors (Lipinski definition) is 5. The van der Waals surface area contributed by atoms with Crippen LogP contribution in [-0.4, -0.2) is 40.7 Å². The van der Waals surface area contributed by atoms with Gasteiger partial charge in [-0.15, -0.1) is 0 Å². The predicted molar refractivity (Wildman–Crippen MR) is 78.0 cm³/mol. The summed E-state index contributed by atoms with van der Waals surface area (Å²) in [6.07, 6.45) is -0.0822. The van der Waals surface area contributed by atoms with Crippen molar-refractivity contribution < 1.29 is 29.0 Å². The molecule has 0 aliphatic rings. The van der Waals surface area contributed by atoms with E-state index in [0.29, 0.717) is 11.3 Å². The molecular weight excluding hydrogens is 290 g/mol. The summed E-state index contributed by atoms with van der Waals surface area (Å²) < 4.78 is 9.97. The van der Waals surface area contributed by atoms with Crippen LogP contribution in [0, 0.1) is 6.92 Å². The van der Waals surface area contributed by atoms with Crippen molar-refractivity contribution in [1.82, 2.24) is 4.98 Å². The highest BCUT2D eigenvalue weighted by Gasteiger charge is 2.27. The number of carboxylic acids is 1. The Bertz CT molecular complexity index is 594.